The second-order valence-corrected chi connectivity index (χ2v) is 4.77. The SMILES string of the molecule is COc1cc(O)c(C(=O)/C=C/c2ccc([N+](=O)[O-])cc2)c(OC)c1. The van der Waals surface area contributed by atoms with Gasteiger partial charge in [0.2, 0.25) is 0 Å². The molecule has 1 N–H and O–H groups in total. The van der Waals surface area contributed by atoms with Crippen LogP contribution < -0.4 is 9.47 Å². The first kappa shape index (κ1) is 17.0. The van der Waals surface area contributed by atoms with Crippen molar-refractivity contribution in [3.63, 3.8) is 0 Å². The van der Waals surface area contributed by atoms with Gasteiger partial charge in [-0.1, -0.05) is 6.08 Å². The number of phenolic OH excluding ortho intramolecular Hbond substituents is 1. The monoisotopic (exact) mass is 329 g/mol. The molecule has 7 nitrogen and oxygen atoms in total. The third kappa shape index (κ3) is 3.70. The van der Waals surface area contributed by atoms with Crippen LogP contribution in [0.5, 0.6) is 17.2 Å². The number of allylic oxidation sites excluding steroid dienone is 1. The van der Waals surface area contributed by atoms with E-state index in [1.165, 1.54) is 62.8 Å². The van der Waals surface area contributed by atoms with Gasteiger partial charge in [0, 0.05) is 24.3 Å². The summed E-state index contributed by atoms with van der Waals surface area (Å²) in [7, 11) is 2.81. The van der Waals surface area contributed by atoms with Crippen LogP contribution in [-0.4, -0.2) is 30.0 Å². The van der Waals surface area contributed by atoms with Gasteiger partial charge in [0.25, 0.3) is 5.69 Å². The highest BCUT2D eigenvalue weighted by molar-refractivity contribution is 6.10. The van der Waals surface area contributed by atoms with Gasteiger partial charge in [-0.3, -0.25) is 14.9 Å². The van der Waals surface area contributed by atoms with Gasteiger partial charge in [-0.05, 0) is 23.8 Å². The Morgan fingerprint density at radius 3 is 2.38 bits per heavy atom. The molecule has 24 heavy (non-hydrogen) atoms. The smallest absolute Gasteiger partial charge is 0.269 e. The molecule has 0 aliphatic heterocycles. The predicted octanol–water partition coefficient (Wildman–Crippen LogP) is 3.21. The molecule has 0 radical (unpaired) electrons. The van der Waals surface area contributed by atoms with Gasteiger partial charge < -0.3 is 14.6 Å². The van der Waals surface area contributed by atoms with E-state index in [0.717, 1.165) is 0 Å². The highest BCUT2D eigenvalue weighted by atomic mass is 16.6. The summed E-state index contributed by atoms with van der Waals surface area (Å²) >= 11 is 0. The first-order valence-electron chi connectivity index (χ1n) is 6.88. The van der Waals surface area contributed by atoms with Crippen LogP contribution >= 0.6 is 0 Å². The van der Waals surface area contributed by atoms with E-state index in [1.807, 2.05) is 0 Å². The van der Waals surface area contributed by atoms with Crippen LogP contribution in [0, 0.1) is 10.1 Å². The summed E-state index contributed by atoms with van der Waals surface area (Å²) in [5.74, 6) is -0.180. The van der Waals surface area contributed by atoms with Crippen LogP contribution in [0.4, 0.5) is 5.69 Å². The normalized spacial score (nSPS) is 10.6. The number of phenols is 1. The van der Waals surface area contributed by atoms with Gasteiger partial charge in [0.05, 0.1) is 19.1 Å². The molecule has 0 fully saturated rings. The average Bonchev–Trinajstić information content (AvgIpc) is 2.59. The summed E-state index contributed by atoms with van der Waals surface area (Å²) in [6, 6.07) is 8.54. The second kappa shape index (κ2) is 7.28. The predicted molar refractivity (Wildman–Crippen MR) is 87.7 cm³/mol. The minimum absolute atomic E-state index is 0.0106. The molecule has 2 rings (SSSR count). The Bertz CT molecular complexity index is 795. The summed E-state index contributed by atoms with van der Waals surface area (Å²) in [5, 5.41) is 20.6. The number of ether oxygens (including phenoxy) is 2. The minimum atomic E-state index is -0.501. The molecule has 0 atom stereocenters. The van der Waals surface area contributed by atoms with Crippen LogP contribution in [0.15, 0.2) is 42.5 Å². The quantitative estimate of drug-likeness (QED) is 0.378. The number of carbonyl (C=O) groups is 1. The van der Waals surface area contributed by atoms with E-state index in [1.54, 1.807) is 0 Å². The third-order valence-electron chi connectivity index (χ3n) is 3.29. The van der Waals surface area contributed by atoms with Crippen molar-refractivity contribution >= 4 is 17.5 Å². The van der Waals surface area contributed by atoms with Crippen molar-refractivity contribution in [3.05, 3.63) is 63.7 Å². The Morgan fingerprint density at radius 2 is 1.83 bits per heavy atom. The maximum absolute atomic E-state index is 12.3. The fraction of sp³-hybridized carbons (Fsp3) is 0.118. The molecule has 2 aromatic carbocycles. The number of ketones is 1. The number of methoxy groups -OCH3 is 2. The lowest BCUT2D eigenvalue weighted by Crippen LogP contribution is -2.00. The van der Waals surface area contributed by atoms with Crippen LogP contribution in [0.25, 0.3) is 6.08 Å². The van der Waals surface area contributed by atoms with Crippen molar-refractivity contribution in [2.75, 3.05) is 14.2 Å². The van der Waals surface area contributed by atoms with Crippen molar-refractivity contribution < 1.29 is 24.3 Å². The van der Waals surface area contributed by atoms with Crippen LogP contribution in [0.3, 0.4) is 0 Å². The number of benzene rings is 2. The van der Waals surface area contributed by atoms with Crippen molar-refractivity contribution in [1.29, 1.82) is 0 Å². The molecular weight excluding hydrogens is 314 g/mol. The van der Waals surface area contributed by atoms with Gasteiger partial charge in [0.1, 0.15) is 22.8 Å². The van der Waals surface area contributed by atoms with E-state index in [9.17, 15) is 20.0 Å². The molecule has 2 aromatic rings. The highest BCUT2D eigenvalue weighted by Crippen LogP contribution is 2.33. The molecule has 0 saturated carbocycles. The molecule has 0 spiro atoms. The molecule has 0 aliphatic rings. The zero-order valence-corrected chi connectivity index (χ0v) is 13.1. The highest BCUT2D eigenvalue weighted by Gasteiger charge is 2.17. The fourth-order valence-corrected chi connectivity index (χ4v) is 2.07. The third-order valence-corrected chi connectivity index (χ3v) is 3.29. The largest absolute Gasteiger partial charge is 0.507 e. The van der Waals surface area contributed by atoms with Crippen molar-refractivity contribution in [3.8, 4) is 17.2 Å². The minimum Gasteiger partial charge on any atom is -0.507 e. The topological polar surface area (TPSA) is 98.9 Å². The van der Waals surface area contributed by atoms with Gasteiger partial charge in [0.15, 0.2) is 5.78 Å². The Balaban J connectivity index is 2.27. The second-order valence-electron chi connectivity index (χ2n) is 4.77. The van der Waals surface area contributed by atoms with Crippen molar-refractivity contribution in [1.82, 2.24) is 0 Å². The number of hydrogen-bond acceptors (Lipinski definition) is 6. The molecule has 0 heterocycles. The maximum atomic E-state index is 12.3. The number of nitro groups is 1. The zero-order valence-electron chi connectivity index (χ0n) is 13.1. The summed E-state index contributed by atoms with van der Waals surface area (Å²) in [4.78, 5) is 22.4. The summed E-state index contributed by atoms with van der Waals surface area (Å²) in [5.41, 5.74) is 0.588. The fourth-order valence-electron chi connectivity index (χ4n) is 2.07. The Labute approximate surface area is 137 Å². The zero-order chi connectivity index (χ0) is 17.7. The lowest BCUT2D eigenvalue weighted by atomic mass is 10.1. The first-order chi connectivity index (χ1) is 11.5. The number of rotatable bonds is 6. The van der Waals surface area contributed by atoms with Crippen LogP contribution in [-0.2, 0) is 0 Å². The van der Waals surface area contributed by atoms with E-state index in [2.05, 4.69) is 0 Å². The van der Waals surface area contributed by atoms with Gasteiger partial charge in [-0.15, -0.1) is 0 Å². The molecule has 0 amide bonds. The molecule has 7 heteroatoms. The summed E-state index contributed by atoms with van der Waals surface area (Å²) < 4.78 is 10.1. The van der Waals surface area contributed by atoms with E-state index in [4.69, 9.17) is 9.47 Å². The Morgan fingerprint density at radius 1 is 1.17 bits per heavy atom. The molecule has 0 bridgehead atoms. The lowest BCUT2D eigenvalue weighted by Gasteiger charge is -2.10. The Kier molecular flexibility index (Phi) is 5.16. The Hall–Kier alpha value is -3.35. The van der Waals surface area contributed by atoms with Gasteiger partial charge in [-0.25, -0.2) is 0 Å². The van der Waals surface area contributed by atoms with E-state index < -0.39 is 10.7 Å². The van der Waals surface area contributed by atoms with Crippen LogP contribution in [0.1, 0.15) is 15.9 Å². The summed E-state index contributed by atoms with van der Waals surface area (Å²) in [6.45, 7) is 0. The number of aromatic hydroxyl groups is 1. The molecule has 0 unspecified atom stereocenters. The van der Waals surface area contributed by atoms with E-state index in [-0.39, 0.29) is 22.7 Å². The van der Waals surface area contributed by atoms with Gasteiger partial charge in [-0.2, -0.15) is 0 Å². The van der Waals surface area contributed by atoms with E-state index >= 15 is 0 Å². The number of hydrogen-bond donors (Lipinski definition) is 1. The molecule has 0 aromatic heterocycles. The lowest BCUT2D eigenvalue weighted by molar-refractivity contribution is -0.384. The van der Waals surface area contributed by atoms with Crippen molar-refractivity contribution in [2.24, 2.45) is 0 Å². The number of nitro benzene ring substituents is 1. The number of non-ortho nitro benzene ring substituents is 1. The maximum Gasteiger partial charge on any atom is 0.269 e. The average molecular weight is 329 g/mol. The summed E-state index contributed by atoms with van der Waals surface area (Å²) in [6.07, 6.45) is 2.75. The molecular formula is C17H15NO6. The van der Waals surface area contributed by atoms with Crippen LogP contribution in [0.2, 0.25) is 0 Å². The standard InChI is InChI=1S/C17H15NO6/c1-23-13-9-15(20)17(16(10-13)24-2)14(19)8-5-11-3-6-12(7-4-11)18(21)22/h3-10,20H,1-2H3/b8-5+. The van der Waals surface area contributed by atoms with Crippen molar-refractivity contribution in [2.45, 2.75) is 0 Å². The van der Waals surface area contributed by atoms with Gasteiger partial charge >= 0.3 is 0 Å². The first-order valence-corrected chi connectivity index (χ1v) is 6.88. The number of nitrogens with zero attached hydrogens (tertiary/aromatic N) is 1. The molecule has 0 aliphatic carbocycles. The number of carbonyl (C=O) groups excluding carboxylic acids is 1. The molecule has 124 valence electrons. The molecule has 0 saturated heterocycles. The van der Waals surface area contributed by atoms with E-state index in [0.29, 0.717) is 11.3 Å².